The molecule has 2 aliphatic rings. The van der Waals surface area contributed by atoms with Gasteiger partial charge in [0, 0.05) is 25.6 Å². The van der Waals surface area contributed by atoms with Crippen molar-refractivity contribution >= 4 is 27.5 Å². The lowest BCUT2D eigenvalue weighted by molar-refractivity contribution is -0.137. The van der Waals surface area contributed by atoms with Gasteiger partial charge in [0.1, 0.15) is 11.6 Å². The number of amides is 1. The Morgan fingerprint density at radius 3 is 2.38 bits per heavy atom. The molecule has 1 unspecified atom stereocenters. The normalized spacial score (nSPS) is 20.5. The van der Waals surface area contributed by atoms with Crippen LogP contribution in [0.5, 0.6) is 5.75 Å². The number of nitrogens with zero attached hydrogens (tertiary/aromatic N) is 2. The summed E-state index contributed by atoms with van der Waals surface area (Å²) in [5, 5.41) is -0.227. The molecular weight excluding hydrogens is 455 g/mol. The summed E-state index contributed by atoms with van der Waals surface area (Å²) in [6.45, 7) is 1.20. The molecule has 2 fully saturated rings. The van der Waals surface area contributed by atoms with Crippen molar-refractivity contribution in [3.8, 4) is 5.75 Å². The maximum absolute atomic E-state index is 13.4. The molecule has 0 radical (unpaired) electrons. The average Bonchev–Trinajstić information content (AvgIpc) is 3.30. The maximum atomic E-state index is 13.4. The summed E-state index contributed by atoms with van der Waals surface area (Å²) in [5.74, 6) is -0.00473. The molecule has 1 atom stereocenters. The van der Waals surface area contributed by atoms with E-state index in [1.54, 1.807) is 7.11 Å². The number of rotatable bonds is 5. The number of piperidine rings is 1. The van der Waals surface area contributed by atoms with E-state index in [-0.39, 0.29) is 40.9 Å². The van der Waals surface area contributed by atoms with Crippen molar-refractivity contribution < 1.29 is 22.3 Å². The molecule has 4 rings (SSSR count). The molecule has 172 valence electrons. The van der Waals surface area contributed by atoms with E-state index in [0.717, 1.165) is 36.3 Å². The fourth-order valence-electron chi connectivity index (χ4n) is 4.57. The van der Waals surface area contributed by atoms with Gasteiger partial charge in [0.2, 0.25) is 15.9 Å². The van der Waals surface area contributed by atoms with Crippen molar-refractivity contribution in [1.82, 2.24) is 9.21 Å². The number of ether oxygens (including phenoxy) is 1. The molecule has 1 amide bonds. The summed E-state index contributed by atoms with van der Waals surface area (Å²) in [7, 11) is -2.16. The van der Waals surface area contributed by atoms with E-state index in [1.807, 2.05) is 29.2 Å². The standard InChI is InChI=1S/C23H26ClFN2O4S/c1-31-18-6-4-16(5-7-18)22-3-2-12-27(22)23(28)17-10-13-26(14-11-17)32(29,30)19-8-9-21(25)20(24)15-19/h4-9,15,17,22H,2-3,10-14H2,1H3. The van der Waals surface area contributed by atoms with Crippen molar-refractivity contribution in [3.63, 3.8) is 0 Å². The Balaban J connectivity index is 1.42. The molecule has 2 aromatic rings. The van der Waals surface area contributed by atoms with Crippen LogP contribution in [-0.2, 0) is 14.8 Å². The van der Waals surface area contributed by atoms with Gasteiger partial charge >= 0.3 is 0 Å². The van der Waals surface area contributed by atoms with Crippen LogP contribution in [-0.4, -0.2) is 50.3 Å². The predicted octanol–water partition coefficient (Wildman–Crippen LogP) is 4.25. The molecule has 2 heterocycles. The van der Waals surface area contributed by atoms with Gasteiger partial charge in [-0.2, -0.15) is 4.31 Å². The molecule has 0 N–H and O–H groups in total. The molecule has 0 spiro atoms. The molecule has 6 nitrogen and oxygen atoms in total. The summed E-state index contributed by atoms with van der Waals surface area (Å²) >= 11 is 5.76. The number of benzene rings is 2. The number of carbonyl (C=O) groups is 1. The van der Waals surface area contributed by atoms with Crippen LogP contribution < -0.4 is 4.74 Å². The van der Waals surface area contributed by atoms with Crippen LogP contribution in [0.15, 0.2) is 47.4 Å². The van der Waals surface area contributed by atoms with E-state index in [2.05, 4.69) is 0 Å². The topological polar surface area (TPSA) is 66.9 Å². The first-order valence-corrected chi connectivity index (χ1v) is 12.5. The Hall–Kier alpha value is -2.16. The highest BCUT2D eigenvalue weighted by atomic mass is 35.5. The Labute approximate surface area is 193 Å². The number of hydrogen-bond donors (Lipinski definition) is 0. The molecular formula is C23H26ClFN2O4S. The Bertz CT molecular complexity index is 1090. The molecule has 2 saturated heterocycles. The van der Waals surface area contributed by atoms with E-state index in [9.17, 15) is 17.6 Å². The molecule has 32 heavy (non-hydrogen) atoms. The fourth-order valence-corrected chi connectivity index (χ4v) is 6.31. The van der Waals surface area contributed by atoms with E-state index < -0.39 is 15.8 Å². The van der Waals surface area contributed by atoms with Crippen molar-refractivity contribution in [3.05, 3.63) is 58.9 Å². The highest BCUT2D eigenvalue weighted by Gasteiger charge is 2.37. The van der Waals surface area contributed by atoms with E-state index in [0.29, 0.717) is 19.4 Å². The molecule has 0 aromatic heterocycles. The third-order valence-electron chi connectivity index (χ3n) is 6.37. The summed E-state index contributed by atoms with van der Waals surface area (Å²) < 4.78 is 45.8. The summed E-state index contributed by atoms with van der Waals surface area (Å²) in [4.78, 5) is 15.2. The van der Waals surface area contributed by atoms with Crippen LogP contribution in [0, 0.1) is 11.7 Å². The van der Waals surface area contributed by atoms with Crippen LogP contribution in [0.1, 0.15) is 37.3 Å². The number of hydrogen-bond acceptors (Lipinski definition) is 4. The van der Waals surface area contributed by atoms with Crippen LogP contribution in [0.4, 0.5) is 4.39 Å². The van der Waals surface area contributed by atoms with Crippen molar-refractivity contribution in [2.45, 2.75) is 36.6 Å². The Morgan fingerprint density at radius 1 is 1.06 bits per heavy atom. The van der Waals surface area contributed by atoms with Gasteiger partial charge in [0.15, 0.2) is 0 Å². The van der Waals surface area contributed by atoms with Gasteiger partial charge < -0.3 is 9.64 Å². The number of methoxy groups -OCH3 is 1. The van der Waals surface area contributed by atoms with Crippen molar-refractivity contribution in [2.24, 2.45) is 5.92 Å². The first-order valence-electron chi connectivity index (χ1n) is 10.7. The van der Waals surface area contributed by atoms with Gasteiger partial charge in [-0.05, 0) is 61.6 Å². The quantitative estimate of drug-likeness (QED) is 0.641. The predicted molar refractivity (Wildman–Crippen MR) is 120 cm³/mol. The lowest BCUT2D eigenvalue weighted by Crippen LogP contribution is -2.44. The average molecular weight is 481 g/mol. The second kappa shape index (κ2) is 9.37. The van der Waals surface area contributed by atoms with E-state index in [1.165, 1.54) is 10.4 Å². The van der Waals surface area contributed by atoms with Gasteiger partial charge in [-0.3, -0.25) is 4.79 Å². The zero-order valence-electron chi connectivity index (χ0n) is 17.8. The highest BCUT2D eigenvalue weighted by molar-refractivity contribution is 7.89. The highest BCUT2D eigenvalue weighted by Crippen LogP contribution is 2.36. The molecule has 0 aliphatic carbocycles. The fraction of sp³-hybridized carbons (Fsp3) is 0.435. The molecule has 2 aromatic carbocycles. The first-order chi connectivity index (χ1) is 15.3. The van der Waals surface area contributed by atoms with Crippen molar-refractivity contribution in [2.75, 3.05) is 26.7 Å². The third-order valence-corrected chi connectivity index (χ3v) is 8.55. The molecule has 0 bridgehead atoms. The van der Waals surface area contributed by atoms with Gasteiger partial charge in [-0.25, -0.2) is 12.8 Å². The van der Waals surface area contributed by atoms with Crippen LogP contribution >= 0.6 is 11.6 Å². The van der Waals surface area contributed by atoms with Gasteiger partial charge in [-0.15, -0.1) is 0 Å². The summed E-state index contributed by atoms with van der Waals surface area (Å²) in [6.07, 6.45) is 2.77. The van der Waals surface area contributed by atoms with Crippen LogP contribution in [0.25, 0.3) is 0 Å². The van der Waals surface area contributed by atoms with Crippen LogP contribution in [0.2, 0.25) is 5.02 Å². The van der Waals surface area contributed by atoms with Gasteiger partial charge in [0.05, 0.1) is 23.1 Å². The second-order valence-corrected chi connectivity index (χ2v) is 10.6. The number of sulfonamides is 1. The molecule has 9 heteroatoms. The van der Waals surface area contributed by atoms with Gasteiger partial charge in [0.25, 0.3) is 0 Å². The van der Waals surface area contributed by atoms with E-state index in [4.69, 9.17) is 16.3 Å². The lowest BCUT2D eigenvalue weighted by atomic mass is 9.95. The Kier molecular flexibility index (Phi) is 6.74. The number of halogens is 2. The van der Waals surface area contributed by atoms with E-state index >= 15 is 0 Å². The summed E-state index contributed by atoms with van der Waals surface area (Å²) in [5.41, 5.74) is 1.09. The smallest absolute Gasteiger partial charge is 0.243 e. The minimum Gasteiger partial charge on any atom is -0.497 e. The maximum Gasteiger partial charge on any atom is 0.243 e. The van der Waals surface area contributed by atoms with Crippen molar-refractivity contribution in [1.29, 1.82) is 0 Å². The minimum absolute atomic E-state index is 0.0345. The Morgan fingerprint density at radius 2 is 1.75 bits per heavy atom. The lowest BCUT2D eigenvalue weighted by Gasteiger charge is -2.34. The SMILES string of the molecule is COc1ccc(C2CCCN2C(=O)C2CCN(S(=O)(=O)c3ccc(F)c(Cl)c3)CC2)cc1. The number of carbonyl (C=O) groups excluding carboxylic acids is 1. The molecule has 2 aliphatic heterocycles. The zero-order chi connectivity index (χ0) is 22.9. The first kappa shape index (κ1) is 23.0. The summed E-state index contributed by atoms with van der Waals surface area (Å²) in [6, 6.07) is 11.2. The number of likely N-dealkylation sites (tertiary alicyclic amines) is 1. The molecule has 0 saturated carbocycles. The monoisotopic (exact) mass is 480 g/mol. The third kappa shape index (κ3) is 4.49. The van der Waals surface area contributed by atoms with Crippen LogP contribution in [0.3, 0.4) is 0 Å². The van der Waals surface area contributed by atoms with Gasteiger partial charge in [-0.1, -0.05) is 23.7 Å². The second-order valence-electron chi connectivity index (χ2n) is 8.22. The minimum atomic E-state index is -3.78. The zero-order valence-corrected chi connectivity index (χ0v) is 19.4. The largest absolute Gasteiger partial charge is 0.497 e.